The maximum absolute atomic E-state index is 12.0. The number of nitrogens with one attached hydrogen (secondary N) is 2. The van der Waals surface area contributed by atoms with E-state index in [2.05, 4.69) is 10.6 Å². The van der Waals surface area contributed by atoms with Crippen molar-refractivity contribution in [3.05, 3.63) is 0 Å². The van der Waals surface area contributed by atoms with E-state index in [1.165, 1.54) is 12.8 Å². The molecule has 0 aromatic rings. The normalized spacial score (nSPS) is 23.5. The summed E-state index contributed by atoms with van der Waals surface area (Å²) in [6.07, 6.45) is 4.64. The van der Waals surface area contributed by atoms with Crippen molar-refractivity contribution in [3.8, 4) is 0 Å². The van der Waals surface area contributed by atoms with E-state index < -0.39 is 0 Å². The average molecular weight is 253 g/mol. The van der Waals surface area contributed by atoms with Gasteiger partial charge < -0.3 is 15.5 Å². The molecule has 18 heavy (non-hydrogen) atoms. The third-order valence-corrected chi connectivity index (χ3v) is 3.49. The Morgan fingerprint density at radius 1 is 1.39 bits per heavy atom. The second-order valence-electron chi connectivity index (χ2n) is 5.21. The van der Waals surface area contributed by atoms with Crippen LogP contribution in [0, 0.1) is 0 Å². The number of rotatable bonds is 7. The highest BCUT2D eigenvalue weighted by atomic mass is 16.2. The van der Waals surface area contributed by atoms with E-state index in [1.807, 2.05) is 11.8 Å². The van der Waals surface area contributed by atoms with E-state index >= 15 is 0 Å². The van der Waals surface area contributed by atoms with Crippen molar-refractivity contribution in [2.75, 3.05) is 19.6 Å². The van der Waals surface area contributed by atoms with E-state index in [9.17, 15) is 9.59 Å². The van der Waals surface area contributed by atoms with Gasteiger partial charge in [-0.1, -0.05) is 6.92 Å². The van der Waals surface area contributed by atoms with Gasteiger partial charge in [0.2, 0.25) is 11.8 Å². The molecule has 0 bridgehead atoms. The highest BCUT2D eigenvalue weighted by Crippen LogP contribution is 2.22. The van der Waals surface area contributed by atoms with Crippen molar-refractivity contribution >= 4 is 11.8 Å². The van der Waals surface area contributed by atoms with Gasteiger partial charge in [0, 0.05) is 32.1 Å². The Hall–Kier alpha value is -1.10. The summed E-state index contributed by atoms with van der Waals surface area (Å²) in [7, 11) is 0. The molecule has 0 spiro atoms. The maximum Gasteiger partial charge on any atom is 0.239 e. The van der Waals surface area contributed by atoms with Crippen LogP contribution in [0.3, 0.4) is 0 Å². The van der Waals surface area contributed by atoms with Crippen LogP contribution in [-0.4, -0.2) is 48.4 Å². The monoisotopic (exact) mass is 253 g/mol. The summed E-state index contributed by atoms with van der Waals surface area (Å²) in [5, 5.41) is 6.19. The largest absolute Gasteiger partial charge is 0.356 e. The second-order valence-corrected chi connectivity index (χ2v) is 5.21. The molecule has 102 valence electrons. The molecule has 1 heterocycles. The van der Waals surface area contributed by atoms with Crippen LogP contribution in [0.5, 0.6) is 0 Å². The molecular formula is C13H23N3O2. The fraction of sp³-hybridized carbons (Fsp3) is 0.846. The number of amides is 2. The molecule has 1 saturated carbocycles. The summed E-state index contributed by atoms with van der Waals surface area (Å²) in [5.74, 6) is 0.216. The first-order valence-corrected chi connectivity index (χ1v) is 7.02. The van der Waals surface area contributed by atoms with E-state index in [4.69, 9.17) is 0 Å². The quantitative estimate of drug-likeness (QED) is 0.684. The summed E-state index contributed by atoms with van der Waals surface area (Å²) < 4.78 is 0. The lowest BCUT2D eigenvalue weighted by Gasteiger charge is -2.16. The van der Waals surface area contributed by atoms with Crippen LogP contribution in [0.4, 0.5) is 0 Å². The highest BCUT2D eigenvalue weighted by molar-refractivity contribution is 5.84. The first-order valence-electron chi connectivity index (χ1n) is 7.02. The van der Waals surface area contributed by atoms with Crippen molar-refractivity contribution in [2.24, 2.45) is 0 Å². The summed E-state index contributed by atoms with van der Waals surface area (Å²) in [6.45, 7) is 4.08. The first-order chi connectivity index (χ1) is 8.70. The highest BCUT2D eigenvalue weighted by Gasteiger charge is 2.35. The maximum atomic E-state index is 12.0. The molecule has 0 aromatic carbocycles. The minimum absolute atomic E-state index is 0.00352. The number of carbonyl (C=O) groups excluding carboxylic acids is 2. The predicted octanol–water partition coefficient (Wildman–Crippen LogP) is 0.256. The van der Waals surface area contributed by atoms with Gasteiger partial charge in [-0.25, -0.2) is 0 Å². The van der Waals surface area contributed by atoms with Crippen LogP contribution in [0.1, 0.15) is 39.0 Å². The number of carbonyl (C=O) groups is 2. The van der Waals surface area contributed by atoms with Crippen molar-refractivity contribution in [1.82, 2.24) is 15.5 Å². The second kappa shape index (κ2) is 6.18. The molecular weight excluding hydrogens is 230 g/mol. The minimum Gasteiger partial charge on any atom is -0.356 e. The Kier molecular flexibility index (Phi) is 4.58. The molecule has 5 heteroatoms. The van der Waals surface area contributed by atoms with E-state index in [0.29, 0.717) is 19.0 Å². The SMILES string of the molecule is CCCNC(=O)CCN1CCC(NC2CC2)C1=O. The molecule has 2 rings (SSSR count). The molecule has 2 aliphatic rings. The molecule has 2 N–H and O–H groups in total. The van der Waals surface area contributed by atoms with E-state index in [1.54, 1.807) is 0 Å². The van der Waals surface area contributed by atoms with Crippen molar-refractivity contribution in [3.63, 3.8) is 0 Å². The Morgan fingerprint density at radius 3 is 2.83 bits per heavy atom. The molecule has 1 unspecified atom stereocenters. The van der Waals surface area contributed by atoms with E-state index in [0.717, 1.165) is 25.9 Å². The van der Waals surface area contributed by atoms with Gasteiger partial charge in [0.25, 0.3) is 0 Å². The third-order valence-electron chi connectivity index (χ3n) is 3.49. The fourth-order valence-corrected chi connectivity index (χ4v) is 2.24. The van der Waals surface area contributed by atoms with Crippen molar-refractivity contribution < 1.29 is 9.59 Å². The van der Waals surface area contributed by atoms with Crippen LogP contribution in [0.25, 0.3) is 0 Å². The lowest BCUT2D eigenvalue weighted by molar-refractivity contribution is -0.130. The van der Waals surface area contributed by atoms with Gasteiger partial charge in [0.15, 0.2) is 0 Å². The number of hydrogen-bond acceptors (Lipinski definition) is 3. The zero-order valence-electron chi connectivity index (χ0n) is 11.1. The molecule has 2 fully saturated rings. The Bertz CT molecular complexity index is 315. The molecule has 1 aliphatic heterocycles. The Morgan fingerprint density at radius 2 is 2.17 bits per heavy atom. The molecule has 5 nitrogen and oxygen atoms in total. The van der Waals surface area contributed by atoms with Gasteiger partial charge >= 0.3 is 0 Å². The van der Waals surface area contributed by atoms with Crippen molar-refractivity contribution in [1.29, 1.82) is 0 Å². The van der Waals surface area contributed by atoms with Crippen LogP contribution in [0.2, 0.25) is 0 Å². The summed E-state index contributed by atoms with van der Waals surface area (Å²) in [6, 6.07) is 0.558. The lowest BCUT2D eigenvalue weighted by Crippen LogP contribution is -2.40. The van der Waals surface area contributed by atoms with Crippen LogP contribution in [0.15, 0.2) is 0 Å². The average Bonchev–Trinajstić information content (AvgIpc) is 3.11. The Balaban J connectivity index is 1.67. The number of hydrogen-bond donors (Lipinski definition) is 2. The first kappa shape index (κ1) is 13.3. The zero-order chi connectivity index (χ0) is 13.0. The zero-order valence-corrected chi connectivity index (χ0v) is 11.1. The molecule has 1 atom stereocenters. The molecule has 1 aliphatic carbocycles. The fourth-order valence-electron chi connectivity index (χ4n) is 2.24. The van der Waals surface area contributed by atoms with E-state index in [-0.39, 0.29) is 17.9 Å². The molecule has 0 aromatic heterocycles. The molecule has 2 amide bonds. The summed E-state index contributed by atoms with van der Waals surface area (Å²) in [4.78, 5) is 25.3. The number of likely N-dealkylation sites (tertiary alicyclic amines) is 1. The van der Waals surface area contributed by atoms with Gasteiger partial charge in [0.1, 0.15) is 0 Å². The summed E-state index contributed by atoms with van der Waals surface area (Å²) >= 11 is 0. The van der Waals surface area contributed by atoms with Gasteiger partial charge in [-0.15, -0.1) is 0 Å². The van der Waals surface area contributed by atoms with Crippen molar-refractivity contribution in [2.45, 2.75) is 51.1 Å². The topological polar surface area (TPSA) is 61.4 Å². The van der Waals surface area contributed by atoms with Crippen LogP contribution >= 0.6 is 0 Å². The standard InChI is InChI=1S/C13H23N3O2/c1-2-7-14-12(17)6-9-16-8-5-11(13(16)18)15-10-3-4-10/h10-11,15H,2-9H2,1H3,(H,14,17). The molecule has 0 radical (unpaired) electrons. The van der Waals surface area contributed by atoms with Gasteiger partial charge in [-0.2, -0.15) is 0 Å². The van der Waals surface area contributed by atoms with Crippen LogP contribution in [-0.2, 0) is 9.59 Å². The lowest BCUT2D eigenvalue weighted by atomic mass is 10.2. The predicted molar refractivity (Wildman–Crippen MR) is 69.1 cm³/mol. The Labute approximate surface area is 108 Å². The van der Waals surface area contributed by atoms with Gasteiger partial charge in [-0.05, 0) is 25.7 Å². The third kappa shape index (κ3) is 3.70. The molecule has 1 saturated heterocycles. The van der Waals surface area contributed by atoms with Gasteiger partial charge in [0.05, 0.1) is 6.04 Å². The van der Waals surface area contributed by atoms with Gasteiger partial charge in [-0.3, -0.25) is 9.59 Å². The number of nitrogens with zero attached hydrogens (tertiary/aromatic N) is 1. The summed E-state index contributed by atoms with van der Waals surface area (Å²) in [5.41, 5.74) is 0. The van der Waals surface area contributed by atoms with Crippen LogP contribution < -0.4 is 10.6 Å². The minimum atomic E-state index is -0.00352. The smallest absolute Gasteiger partial charge is 0.239 e.